The maximum absolute atomic E-state index is 12.6. The first-order valence-corrected chi connectivity index (χ1v) is 10.8. The zero-order valence-corrected chi connectivity index (χ0v) is 20.2. The van der Waals surface area contributed by atoms with Crippen LogP contribution >= 0.6 is 35.3 Å². The number of nitrogens with zero attached hydrogens (tertiary/aromatic N) is 1. The number of ether oxygens (including phenoxy) is 2. The Balaban J connectivity index is 0.00000450. The molecule has 0 fully saturated rings. The SMILES string of the molecule is CN=C(NCCNS(=O)(=O)c1cccs1)NCc1cc(OC)ccc1OC(F)F.I. The lowest BCUT2D eigenvalue weighted by molar-refractivity contribution is -0.0505. The van der Waals surface area contributed by atoms with Crippen LogP contribution in [0.5, 0.6) is 11.5 Å². The van der Waals surface area contributed by atoms with Crippen molar-refractivity contribution in [1.82, 2.24) is 15.4 Å². The van der Waals surface area contributed by atoms with Crippen molar-refractivity contribution in [2.45, 2.75) is 17.4 Å². The van der Waals surface area contributed by atoms with Crippen LogP contribution in [-0.4, -0.2) is 48.2 Å². The smallest absolute Gasteiger partial charge is 0.387 e. The highest BCUT2D eigenvalue weighted by atomic mass is 127. The number of halogens is 3. The lowest BCUT2D eigenvalue weighted by atomic mass is 10.2. The topological polar surface area (TPSA) is 101 Å². The Labute approximate surface area is 195 Å². The maximum Gasteiger partial charge on any atom is 0.387 e. The molecule has 168 valence electrons. The molecule has 2 aromatic rings. The number of alkyl halides is 2. The van der Waals surface area contributed by atoms with Gasteiger partial charge in [0.1, 0.15) is 15.7 Å². The third-order valence-electron chi connectivity index (χ3n) is 3.62. The van der Waals surface area contributed by atoms with Crippen LogP contribution in [0.15, 0.2) is 44.9 Å². The molecule has 0 radical (unpaired) electrons. The van der Waals surface area contributed by atoms with Gasteiger partial charge in [-0.05, 0) is 29.6 Å². The molecule has 2 rings (SSSR count). The number of rotatable bonds is 10. The summed E-state index contributed by atoms with van der Waals surface area (Å²) >= 11 is 1.13. The van der Waals surface area contributed by atoms with Crippen molar-refractivity contribution in [2.75, 3.05) is 27.2 Å². The average Bonchev–Trinajstić information content (AvgIpc) is 3.24. The van der Waals surface area contributed by atoms with Gasteiger partial charge in [0.25, 0.3) is 0 Å². The van der Waals surface area contributed by atoms with Crippen LogP contribution in [0.3, 0.4) is 0 Å². The fourth-order valence-electron chi connectivity index (χ4n) is 2.29. The van der Waals surface area contributed by atoms with Gasteiger partial charge in [0.2, 0.25) is 10.0 Å². The van der Waals surface area contributed by atoms with Gasteiger partial charge < -0.3 is 20.1 Å². The summed E-state index contributed by atoms with van der Waals surface area (Å²) in [5.74, 6) is 0.882. The van der Waals surface area contributed by atoms with Gasteiger partial charge in [0.05, 0.1) is 7.11 Å². The Bertz CT molecular complexity index is 912. The molecule has 0 spiro atoms. The zero-order valence-electron chi connectivity index (χ0n) is 16.2. The molecule has 0 amide bonds. The number of nitrogens with one attached hydrogen (secondary N) is 3. The second kappa shape index (κ2) is 12.9. The molecule has 30 heavy (non-hydrogen) atoms. The Morgan fingerprint density at radius 1 is 1.23 bits per heavy atom. The maximum atomic E-state index is 12.6. The number of sulfonamides is 1. The van der Waals surface area contributed by atoms with Crippen LogP contribution in [0.25, 0.3) is 0 Å². The second-order valence-corrected chi connectivity index (χ2v) is 8.48. The standard InChI is InChI=1S/C17H22F2N4O4S2.HI/c1-20-17(21-7-8-23-29(24,25)15-4-3-9-28-15)22-11-12-10-13(26-2)5-6-14(12)27-16(18)19;/h3-6,9-10,16,23H,7-8,11H2,1-2H3,(H2,20,21,22);1H. The summed E-state index contributed by atoms with van der Waals surface area (Å²) < 4.78 is 61.6. The van der Waals surface area contributed by atoms with Crippen LogP contribution in [0.2, 0.25) is 0 Å². The minimum Gasteiger partial charge on any atom is -0.497 e. The Morgan fingerprint density at radius 3 is 2.60 bits per heavy atom. The molecule has 13 heteroatoms. The molecule has 1 aromatic carbocycles. The predicted octanol–water partition coefficient (Wildman–Crippen LogP) is 2.62. The van der Waals surface area contributed by atoms with E-state index in [0.29, 0.717) is 17.3 Å². The van der Waals surface area contributed by atoms with E-state index in [-0.39, 0.29) is 53.6 Å². The third kappa shape index (κ3) is 8.20. The number of aliphatic imine (C=N–C) groups is 1. The van der Waals surface area contributed by atoms with Gasteiger partial charge >= 0.3 is 6.61 Å². The van der Waals surface area contributed by atoms with Gasteiger partial charge in [-0.2, -0.15) is 8.78 Å². The van der Waals surface area contributed by atoms with Crippen molar-refractivity contribution in [1.29, 1.82) is 0 Å². The van der Waals surface area contributed by atoms with Crippen LogP contribution in [-0.2, 0) is 16.6 Å². The molecule has 0 saturated carbocycles. The number of benzene rings is 1. The van der Waals surface area contributed by atoms with Crippen molar-refractivity contribution < 1.29 is 26.7 Å². The third-order valence-corrected chi connectivity index (χ3v) is 6.48. The van der Waals surface area contributed by atoms with Gasteiger partial charge in [-0.3, -0.25) is 4.99 Å². The fourth-order valence-corrected chi connectivity index (χ4v) is 4.35. The van der Waals surface area contributed by atoms with E-state index < -0.39 is 16.6 Å². The predicted molar refractivity (Wildman–Crippen MR) is 123 cm³/mol. The average molecular weight is 576 g/mol. The normalized spacial score (nSPS) is 11.7. The first-order valence-electron chi connectivity index (χ1n) is 8.45. The molecular formula is C17H23F2IN4O4S2. The summed E-state index contributed by atoms with van der Waals surface area (Å²) in [6.07, 6.45) is 0. The lowest BCUT2D eigenvalue weighted by Gasteiger charge is -2.15. The number of hydrogen-bond acceptors (Lipinski definition) is 6. The summed E-state index contributed by atoms with van der Waals surface area (Å²) in [5.41, 5.74) is 0.450. The molecule has 0 bridgehead atoms. The highest BCUT2D eigenvalue weighted by molar-refractivity contribution is 14.0. The molecule has 0 aliphatic rings. The summed E-state index contributed by atoms with van der Waals surface area (Å²) in [4.78, 5) is 4.02. The van der Waals surface area contributed by atoms with E-state index in [0.717, 1.165) is 11.3 Å². The Kier molecular flexibility index (Phi) is 11.3. The van der Waals surface area contributed by atoms with Gasteiger partial charge in [-0.25, -0.2) is 13.1 Å². The lowest BCUT2D eigenvalue weighted by Crippen LogP contribution is -2.41. The molecule has 0 saturated heterocycles. The Hall–Kier alpha value is -1.71. The van der Waals surface area contributed by atoms with Crippen LogP contribution in [0.4, 0.5) is 8.78 Å². The molecule has 0 atom stereocenters. The van der Waals surface area contributed by atoms with Crippen molar-refractivity contribution in [3.05, 3.63) is 41.3 Å². The van der Waals surface area contributed by atoms with Crippen LogP contribution in [0, 0.1) is 0 Å². The van der Waals surface area contributed by atoms with Crippen molar-refractivity contribution in [3.8, 4) is 11.5 Å². The van der Waals surface area contributed by atoms with E-state index in [9.17, 15) is 17.2 Å². The summed E-state index contributed by atoms with van der Waals surface area (Å²) in [5, 5.41) is 7.58. The molecule has 0 unspecified atom stereocenters. The molecular weight excluding hydrogens is 553 g/mol. The highest BCUT2D eigenvalue weighted by Gasteiger charge is 2.14. The summed E-state index contributed by atoms with van der Waals surface area (Å²) in [7, 11) is -0.530. The fraction of sp³-hybridized carbons (Fsp3) is 0.353. The quantitative estimate of drug-likeness (QED) is 0.174. The number of hydrogen-bond donors (Lipinski definition) is 3. The largest absolute Gasteiger partial charge is 0.497 e. The van der Waals surface area contributed by atoms with E-state index in [2.05, 4.69) is 25.1 Å². The minimum absolute atomic E-state index is 0. The first-order chi connectivity index (χ1) is 13.9. The minimum atomic E-state index is -3.53. The highest BCUT2D eigenvalue weighted by Crippen LogP contribution is 2.25. The summed E-state index contributed by atoms with van der Waals surface area (Å²) in [6, 6.07) is 7.68. The van der Waals surface area contributed by atoms with E-state index in [1.54, 1.807) is 17.5 Å². The second-order valence-electron chi connectivity index (χ2n) is 5.53. The molecule has 1 heterocycles. The zero-order chi connectivity index (χ0) is 21.3. The van der Waals surface area contributed by atoms with Crippen LogP contribution < -0.4 is 24.8 Å². The molecule has 1 aromatic heterocycles. The van der Waals surface area contributed by atoms with E-state index in [4.69, 9.17) is 4.74 Å². The van der Waals surface area contributed by atoms with Gasteiger partial charge in [0, 0.05) is 32.2 Å². The van der Waals surface area contributed by atoms with Crippen molar-refractivity contribution >= 4 is 51.3 Å². The molecule has 3 N–H and O–H groups in total. The van der Waals surface area contributed by atoms with E-state index in [1.165, 1.54) is 32.4 Å². The van der Waals surface area contributed by atoms with Crippen molar-refractivity contribution in [2.24, 2.45) is 4.99 Å². The van der Waals surface area contributed by atoms with Gasteiger partial charge in [-0.1, -0.05) is 6.07 Å². The number of thiophene rings is 1. The van der Waals surface area contributed by atoms with Crippen LogP contribution in [0.1, 0.15) is 5.56 Å². The summed E-state index contributed by atoms with van der Waals surface area (Å²) in [6.45, 7) is -2.40. The van der Waals surface area contributed by atoms with E-state index in [1.807, 2.05) is 0 Å². The Morgan fingerprint density at radius 2 is 2.00 bits per heavy atom. The monoisotopic (exact) mass is 576 g/mol. The van der Waals surface area contributed by atoms with E-state index >= 15 is 0 Å². The molecule has 0 aliphatic carbocycles. The number of methoxy groups -OCH3 is 1. The number of guanidine groups is 1. The first kappa shape index (κ1) is 26.3. The molecule has 8 nitrogen and oxygen atoms in total. The van der Waals surface area contributed by atoms with Gasteiger partial charge in [0.15, 0.2) is 5.96 Å². The van der Waals surface area contributed by atoms with Gasteiger partial charge in [-0.15, -0.1) is 35.3 Å². The van der Waals surface area contributed by atoms with Crippen molar-refractivity contribution in [3.63, 3.8) is 0 Å². The molecule has 0 aliphatic heterocycles.